The van der Waals surface area contributed by atoms with E-state index in [9.17, 15) is 0 Å². The Bertz CT molecular complexity index is 179. The monoisotopic (exact) mass is 242 g/mol. The van der Waals surface area contributed by atoms with Gasteiger partial charge in [0.1, 0.15) is 0 Å². The van der Waals surface area contributed by atoms with E-state index in [4.69, 9.17) is 10.6 Å². The van der Waals surface area contributed by atoms with Gasteiger partial charge >= 0.3 is 0 Å². The lowest BCUT2D eigenvalue weighted by atomic mass is 9.77. The summed E-state index contributed by atoms with van der Waals surface area (Å²) < 4.78 is 5.62. The summed E-state index contributed by atoms with van der Waals surface area (Å²) in [7, 11) is 0. The zero-order chi connectivity index (χ0) is 12.5. The first-order valence-corrected chi connectivity index (χ1v) is 7.35. The van der Waals surface area contributed by atoms with Crippen molar-refractivity contribution in [2.75, 3.05) is 13.2 Å². The van der Waals surface area contributed by atoms with Crippen LogP contribution in [-0.2, 0) is 4.74 Å². The van der Waals surface area contributed by atoms with Crippen molar-refractivity contribution in [1.29, 1.82) is 0 Å². The highest BCUT2D eigenvalue weighted by Crippen LogP contribution is 2.33. The van der Waals surface area contributed by atoms with E-state index in [-0.39, 0.29) is 0 Å². The minimum atomic E-state index is 0.351. The highest BCUT2D eigenvalue weighted by atomic mass is 16.5. The van der Waals surface area contributed by atoms with Crippen molar-refractivity contribution in [3.05, 3.63) is 0 Å². The Morgan fingerprint density at radius 1 is 1.18 bits per heavy atom. The molecule has 17 heavy (non-hydrogen) atoms. The van der Waals surface area contributed by atoms with E-state index in [1.807, 2.05) is 0 Å². The number of nitrogens with one attached hydrogen (secondary N) is 1. The second-order valence-corrected chi connectivity index (χ2v) is 5.42. The summed E-state index contributed by atoms with van der Waals surface area (Å²) >= 11 is 0. The summed E-state index contributed by atoms with van der Waals surface area (Å²) in [5, 5.41) is 0. The first-order chi connectivity index (χ1) is 8.31. The molecular formula is C14H30N2O. The van der Waals surface area contributed by atoms with Crippen LogP contribution >= 0.6 is 0 Å². The largest absolute Gasteiger partial charge is 0.380 e. The standard InChI is InChI=1S/C14H30N2O/c1-3-5-12-6-8-13(9-7-12)14(16-15)11-17-10-4-2/h12-14,16H,3-11,15H2,1-2H3. The third-order valence-corrected chi connectivity index (χ3v) is 4.02. The van der Waals surface area contributed by atoms with Crippen molar-refractivity contribution in [2.45, 2.75) is 64.8 Å². The van der Waals surface area contributed by atoms with E-state index in [1.54, 1.807) is 0 Å². The van der Waals surface area contributed by atoms with E-state index in [1.165, 1.54) is 38.5 Å². The molecule has 0 heterocycles. The first-order valence-electron chi connectivity index (χ1n) is 7.35. The zero-order valence-corrected chi connectivity index (χ0v) is 11.6. The molecule has 102 valence electrons. The molecule has 1 aliphatic rings. The molecule has 1 rings (SSSR count). The van der Waals surface area contributed by atoms with Gasteiger partial charge in [0.25, 0.3) is 0 Å². The summed E-state index contributed by atoms with van der Waals surface area (Å²) in [6, 6.07) is 0.351. The molecule has 1 saturated carbocycles. The molecule has 1 atom stereocenters. The fourth-order valence-electron chi connectivity index (χ4n) is 2.96. The van der Waals surface area contributed by atoms with Crippen LogP contribution in [0.1, 0.15) is 58.8 Å². The number of hydrazine groups is 1. The number of rotatable bonds is 8. The van der Waals surface area contributed by atoms with Crippen LogP contribution in [0.5, 0.6) is 0 Å². The van der Waals surface area contributed by atoms with Gasteiger partial charge in [-0.05, 0) is 31.1 Å². The van der Waals surface area contributed by atoms with Crippen LogP contribution in [-0.4, -0.2) is 19.3 Å². The Hall–Kier alpha value is -0.120. The van der Waals surface area contributed by atoms with Gasteiger partial charge in [-0.25, -0.2) is 0 Å². The quantitative estimate of drug-likeness (QED) is 0.391. The molecule has 3 nitrogen and oxygen atoms in total. The Labute approximate surface area is 106 Å². The van der Waals surface area contributed by atoms with Gasteiger partial charge in [0.2, 0.25) is 0 Å². The molecule has 1 fully saturated rings. The lowest BCUT2D eigenvalue weighted by Gasteiger charge is -2.33. The molecule has 0 amide bonds. The second kappa shape index (κ2) is 8.90. The number of hydrogen-bond acceptors (Lipinski definition) is 3. The van der Waals surface area contributed by atoms with Crippen molar-refractivity contribution < 1.29 is 4.74 Å². The zero-order valence-electron chi connectivity index (χ0n) is 11.6. The fourth-order valence-corrected chi connectivity index (χ4v) is 2.96. The van der Waals surface area contributed by atoms with Gasteiger partial charge in [-0.15, -0.1) is 0 Å². The van der Waals surface area contributed by atoms with Crippen LogP contribution in [0.3, 0.4) is 0 Å². The molecule has 0 aliphatic heterocycles. The van der Waals surface area contributed by atoms with Crippen LogP contribution in [0.15, 0.2) is 0 Å². The Kier molecular flexibility index (Phi) is 7.82. The van der Waals surface area contributed by atoms with Crippen LogP contribution < -0.4 is 11.3 Å². The van der Waals surface area contributed by atoms with E-state index >= 15 is 0 Å². The lowest BCUT2D eigenvalue weighted by Crippen LogP contribution is -2.45. The highest BCUT2D eigenvalue weighted by molar-refractivity contribution is 4.80. The van der Waals surface area contributed by atoms with E-state index in [2.05, 4.69) is 19.3 Å². The molecule has 1 unspecified atom stereocenters. The molecule has 0 aromatic heterocycles. The molecule has 0 spiro atoms. The summed E-state index contributed by atoms with van der Waals surface area (Å²) in [5.41, 5.74) is 2.95. The number of nitrogens with two attached hydrogens (primary N) is 1. The van der Waals surface area contributed by atoms with Crippen molar-refractivity contribution in [3.8, 4) is 0 Å². The maximum atomic E-state index is 5.65. The highest BCUT2D eigenvalue weighted by Gasteiger charge is 2.26. The maximum Gasteiger partial charge on any atom is 0.0635 e. The minimum Gasteiger partial charge on any atom is -0.380 e. The number of ether oxygens (including phenoxy) is 1. The van der Waals surface area contributed by atoms with Gasteiger partial charge in [0, 0.05) is 12.6 Å². The van der Waals surface area contributed by atoms with E-state index < -0.39 is 0 Å². The first kappa shape index (κ1) is 14.9. The minimum absolute atomic E-state index is 0.351. The summed E-state index contributed by atoms with van der Waals surface area (Å²) in [4.78, 5) is 0. The Morgan fingerprint density at radius 2 is 1.88 bits per heavy atom. The molecule has 3 N–H and O–H groups in total. The summed E-state index contributed by atoms with van der Waals surface area (Å²) in [6.07, 6.45) is 9.20. The topological polar surface area (TPSA) is 47.3 Å². The molecule has 0 saturated heterocycles. The molecular weight excluding hydrogens is 212 g/mol. The van der Waals surface area contributed by atoms with Gasteiger partial charge in [-0.3, -0.25) is 11.3 Å². The summed E-state index contributed by atoms with van der Waals surface area (Å²) in [6.45, 7) is 6.05. The van der Waals surface area contributed by atoms with Crippen molar-refractivity contribution in [1.82, 2.24) is 5.43 Å². The van der Waals surface area contributed by atoms with Gasteiger partial charge in [-0.2, -0.15) is 0 Å². The molecule has 0 aromatic carbocycles. The van der Waals surface area contributed by atoms with Gasteiger partial charge in [0.05, 0.1) is 6.61 Å². The molecule has 3 heteroatoms. The van der Waals surface area contributed by atoms with Gasteiger partial charge in [0.15, 0.2) is 0 Å². The predicted octanol–water partition coefficient (Wildman–Crippen LogP) is 2.85. The molecule has 0 bridgehead atoms. The third kappa shape index (κ3) is 5.36. The Morgan fingerprint density at radius 3 is 2.41 bits per heavy atom. The average Bonchev–Trinajstić information content (AvgIpc) is 2.36. The molecule has 0 radical (unpaired) electrons. The number of hydrogen-bond donors (Lipinski definition) is 2. The Balaban J connectivity index is 2.24. The van der Waals surface area contributed by atoms with Crippen LogP contribution in [0, 0.1) is 11.8 Å². The molecule has 1 aliphatic carbocycles. The summed E-state index contributed by atoms with van der Waals surface area (Å²) in [5.74, 6) is 7.33. The SMILES string of the molecule is CCCOCC(NN)C1CCC(CCC)CC1. The van der Waals surface area contributed by atoms with Crippen molar-refractivity contribution >= 4 is 0 Å². The normalized spacial score (nSPS) is 27.0. The predicted molar refractivity (Wildman–Crippen MR) is 72.6 cm³/mol. The third-order valence-electron chi connectivity index (χ3n) is 4.02. The maximum absolute atomic E-state index is 5.65. The van der Waals surface area contributed by atoms with Crippen molar-refractivity contribution in [2.24, 2.45) is 17.7 Å². The average molecular weight is 242 g/mol. The van der Waals surface area contributed by atoms with Crippen LogP contribution in [0.25, 0.3) is 0 Å². The van der Waals surface area contributed by atoms with Gasteiger partial charge < -0.3 is 4.74 Å². The molecule has 0 aromatic rings. The van der Waals surface area contributed by atoms with E-state index in [0.29, 0.717) is 12.0 Å². The van der Waals surface area contributed by atoms with Crippen LogP contribution in [0.2, 0.25) is 0 Å². The fraction of sp³-hybridized carbons (Fsp3) is 1.00. The van der Waals surface area contributed by atoms with Gasteiger partial charge in [-0.1, -0.05) is 39.5 Å². The second-order valence-electron chi connectivity index (χ2n) is 5.42. The lowest BCUT2D eigenvalue weighted by molar-refractivity contribution is 0.0794. The van der Waals surface area contributed by atoms with E-state index in [0.717, 1.165) is 25.6 Å². The van der Waals surface area contributed by atoms with Crippen molar-refractivity contribution in [3.63, 3.8) is 0 Å². The smallest absolute Gasteiger partial charge is 0.0635 e. The van der Waals surface area contributed by atoms with Crippen LogP contribution in [0.4, 0.5) is 0 Å².